The maximum Gasteiger partial charge on any atom is 0.108 e. The minimum absolute atomic E-state index is 0.147. The monoisotopic (exact) mass is 334 g/mol. The second-order valence-corrected chi connectivity index (χ2v) is 8.23. The summed E-state index contributed by atoms with van der Waals surface area (Å²) in [5, 5.41) is 0. The smallest absolute Gasteiger partial charge is 0.108 e. The van der Waals surface area contributed by atoms with E-state index >= 15 is 0 Å². The Morgan fingerprint density at radius 2 is 1.22 bits per heavy atom. The van der Waals surface area contributed by atoms with E-state index in [0.29, 0.717) is 18.3 Å². The van der Waals surface area contributed by atoms with Crippen LogP contribution in [0, 0.1) is 29.6 Å². The first kappa shape index (κ1) is 17.5. The predicted molar refractivity (Wildman–Crippen MR) is 84.3 cm³/mol. The number of halogens is 4. The van der Waals surface area contributed by atoms with Gasteiger partial charge in [-0.1, -0.05) is 32.1 Å². The molecule has 3 aliphatic carbocycles. The SMILES string of the molecule is FCC1C(F)CC(C2CCC(C3CCCCC3)CC2F)CC1F. The van der Waals surface area contributed by atoms with Crippen molar-refractivity contribution in [1.29, 1.82) is 0 Å². The first-order valence-electron chi connectivity index (χ1n) is 9.58. The zero-order valence-electron chi connectivity index (χ0n) is 13.9. The molecule has 3 rings (SSSR count). The molecule has 23 heavy (non-hydrogen) atoms. The van der Waals surface area contributed by atoms with Gasteiger partial charge in [-0.15, -0.1) is 0 Å². The first-order valence-corrected chi connectivity index (χ1v) is 9.58. The number of hydrogen-bond donors (Lipinski definition) is 0. The average molecular weight is 334 g/mol. The van der Waals surface area contributed by atoms with Crippen LogP contribution >= 0.6 is 0 Å². The Morgan fingerprint density at radius 3 is 1.78 bits per heavy atom. The molecule has 0 aliphatic heterocycles. The van der Waals surface area contributed by atoms with Crippen LogP contribution in [0.3, 0.4) is 0 Å². The highest BCUT2D eigenvalue weighted by Crippen LogP contribution is 2.47. The van der Waals surface area contributed by atoms with E-state index in [-0.39, 0.29) is 24.7 Å². The van der Waals surface area contributed by atoms with E-state index in [9.17, 15) is 17.6 Å². The highest BCUT2D eigenvalue weighted by Gasteiger charge is 2.45. The molecule has 0 nitrogen and oxygen atoms in total. The lowest BCUT2D eigenvalue weighted by atomic mass is 9.64. The van der Waals surface area contributed by atoms with Crippen molar-refractivity contribution in [3.8, 4) is 0 Å². The zero-order chi connectivity index (χ0) is 16.4. The summed E-state index contributed by atoms with van der Waals surface area (Å²) in [5.41, 5.74) is 0. The maximum atomic E-state index is 14.8. The molecule has 0 radical (unpaired) electrons. The molecule has 5 unspecified atom stereocenters. The molecule has 0 amide bonds. The van der Waals surface area contributed by atoms with Gasteiger partial charge in [0.1, 0.15) is 18.5 Å². The van der Waals surface area contributed by atoms with E-state index in [4.69, 9.17) is 0 Å². The molecule has 4 heteroatoms. The van der Waals surface area contributed by atoms with E-state index in [0.717, 1.165) is 12.8 Å². The fourth-order valence-corrected chi connectivity index (χ4v) is 5.53. The van der Waals surface area contributed by atoms with Gasteiger partial charge in [0.15, 0.2) is 0 Å². The molecule has 0 heterocycles. The molecule has 0 aromatic heterocycles. The largest absolute Gasteiger partial charge is 0.251 e. The zero-order valence-corrected chi connectivity index (χ0v) is 13.9. The summed E-state index contributed by atoms with van der Waals surface area (Å²) in [4.78, 5) is 0. The summed E-state index contributed by atoms with van der Waals surface area (Å²) in [6, 6.07) is 0. The van der Waals surface area contributed by atoms with Gasteiger partial charge in [-0.05, 0) is 55.8 Å². The van der Waals surface area contributed by atoms with E-state index < -0.39 is 31.1 Å². The molecule has 0 aromatic carbocycles. The molecule has 0 bridgehead atoms. The molecule has 0 N–H and O–H groups in total. The third-order valence-corrected chi connectivity index (χ3v) is 6.95. The standard InChI is InChI=1S/C19H30F4/c20-11-16-18(22)9-14(10-19(16)23)15-7-6-13(8-17(15)21)12-4-2-1-3-5-12/h12-19H,1-11H2. The van der Waals surface area contributed by atoms with Crippen molar-refractivity contribution < 1.29 is 17.6 Å². The maximum absolute atomic E-state index is 14.8. The van der Waals surface area contributed by atoms with Crippen LogP contribution in [-0.4, -0.2) is 25.2 Å². The van der Waals surface area contributed by atoms with Crippen LogP contribution in [0.4, 0.5) is 17.6 Å². The number of rotatable bonds is 3. The van der Waals surface area contributed by atoms with Gasteiger partial charge in [0.05, 0.1) is 6.67 Å². The Balaban J connectivity index is 1.56. The highest BCUT2D eigenvalue weighted by molar-refractivity contribution is 4.94. The normalized spacial score (nSPS) is 46.7. The van der Waals surface area contributed by atoms with Gasteiger partial charge in [0.2, 0.25) is 0 Å². The summed E-state index contributed by atoms with van der Waals surface area (Å²) in [6.07, 6.45) is 5.10. The second-order valence-electron chi connectivity index (χ2n) is 8.23. The summed E-state index contributed by atoms with van der Waals surface area (Å²) in [5.74, 6) is -0.459. The lowest BCUT2D eigenvalue weighted by Gasteiger charge is -2.43. The number of hydrogen-bond acceptors (Lipinski definition) is 0. The Labute approximate surface area is 137 Å². The van der Waals surface area contributed by atoms with Crippen LogP contribution in [0.25, 0.3) is 0 Å². The van der Waals surface area contributed by atoms with Crippen molar-refractivity contribution >= 4 is 0 Å². The topological polar surface area (TPSA) is 0 Å². The molecular weight excluding hydrogens is 304 g/mol. The Bertz CT molecular complexity index is 356. The van der Waals surface area contributed by atoms with Crippen molar-refractivity contribution in [1.82, 2.24) is 0 Å². The molecule has 0 spiro atoms. The number of alkyl halides is 4. The molecule has 3 fully saturated rings. The van der Waals surface area contributed by atoms with Crippen molar-refractivity contribution in [3.05, 3.63) is 0 Å². The van der Waals surface area contributed by atoms with Gasteiger partial charge >= 0.3 is 0 Å². The minimum atomic E-state index is -1.45. The van der Waals surface area contributed by atoms with Crippen molar-refractivity contribution in [3.63, 3.8) is 0 Å². The summed E-state index contributed by atoms with van der Waals surface area (Å²) in [6.45, 7) is -0.942. The van der Waals surface area contributed by atoms with Crippen molar-refractivity contribution in [2.75, 3.05) is 6.67 Å². The molecular formula is C19H30F4. The Morgan fingerprint density at radius 1 is 0.609 bits per heavy atom. The van der Waals surface area contributed by atoms with E-state index in [1.54, 1.807) is 0 Å². The van der Waals surface area contributed by atoms with Gasteiger partial charge in [-0.25, -0.2) is 13.2 Å². The third-order valence-electron chi connectivity index (χ3n) is 6.95. The van der Waals surface area contributed by atoms with Gasteiger partial charge in [0.25, 0.3) is 0 Å². The van der Waals surface area contributed by atoms with Crippen LogP contribution in [-0.2, 0) is 0 Å². The third kappa shape index (κ3) is 3.87. The van der Waals surface area contributed by atoms with Gasteiger partial charge in [-0.3, -0.25) is 4.39 Å². The minimum Gasteiger partial charge on any atom is -0.251 e. The van der Waals surface area contributed by atoms with Gasteiger partial charge in [0, 0.05) is 5.92 Å². The summed E-state index contributed by atoms with van der Waals surface area (Å²) < 4.78 is 55.5. The molecule has 3 aliphatic rings. The van der Waals surface area contributed by atoms with Crippen LogP contribution in [0.15, 0.2) is 0 Å². The average Bonchev–Trinajstić information content (AvgIpc) is 2.55. The van der Waals surface area contributed by atoms with Crippen molar-refractivity contribution in [2.24, 2.45) is 29.6 Å². The lowest BCUT2D eigenvalue weighted by molar-refractivity contribution is -0.0224. The van der Waals surface area contributed by atoms with Crippen LogP contribution in [0.5, 0.6) is 0 Å². The fourth-order valence-electron chi connectivity index (χ4n) is 5.53. The van der Waals surface area contributed by atoms with Gasteiger partial charge in [-0.2, -0.15) is 0 Å². The molecule has 0 aromatic rings. The van der Waals surface area contributed by atoms with E-state index in [1.165, 1.54) is 32.1 Å². The highest BCUT2D eigenvalue weighted by atomic mass is 19.2. The predicted octanol–water partition coefficient (Wildman–Crippen LogP) is 5.99. The fraction of sp³-hybridized carbons (Fsp3) is 1.00. The second kappa shape index (κ2) is 7.74. The Kier molecular flexibility index (Phi) is 5.90. The van der Waals surface area contributed by atoms with Crippen LogP contribution in [0.1, 0.15) is 64.2 Å². The van der Waals surface area contributed by atoms with E-state index in [2.05, 4.69) is 0 Å². The molecule has 3 saturated carbocycles. The van der Waals surface area contributed by atoms with Crippen molar-refractivity contribution in [2.45, 2.75) is 82.7 Å². The molecule has 5 atom stereocenters. The first-order chi connectivity index (χ1) is 11.1. The van der Waals surface area contributed by atoms with Gasteiger partial charge < -0.3 is 0 Å². The Hall–Kier alpha value is -0.280. The molecule has 134 valence electrons. The molecule has 0 saturated heterocycles. The van der Waals surface area contributed by atoms with E-state index in [1.807, 2.05) is 0 Å². The van der Waals surface area contributed by atoms with Crippen LogP contribution in [0.2, 0.25) is 0 Å². The summed E-state index contributed by atoms with van der Waals surface area (Å²) >= 11 is 0. The lowest BCUT2D eigenvalue weighted by Crippen LogP contribution is -2.43. The quantitative estimate of drug-likeness (QED) is 0.556. The van der Waals surface area contributed by atoms with Crippen LogP contribution < -0.4 is 0 Å². The summed E-state index contributed by atoms with van der Waals surface area (Å²) in [7, 11) is 0.